The van der Waals surface area contributed by atoms with Crippen molar-refractivity contribution in [3.63, 3.8) is 0 Å². The van der Waals surface area contributed by atoms with Crippen LogP contribution in [0.4, 0.5) is 4.79 Å². The third-order valence-electron chi connectivity index (χ3n) is 3.47. The van der Waals surface area contributed by atoms with Crippen LogP contribution in [-0.4, -0.2) is 29.8 Å². The molecule has 0 spiro atoms. The molecule has 0 atom stereocenters. The average Bonchev–Trinajstić information content (AvgIpc) is 2.85. The first kappa shape index (κ1) is 19.2. The van der Waals surface area contributed by atoms with Crippen molar-refractivity contribution in [3.05, 3.63) is 30.0 Å². The Labute approximate surface area is 150 Å². The van der Waals surface area contributed by atoms with Crippen LogP contribution in [0.2, 0.25) is 0 Å². The Morgan fingerprint density at radius 2 is 1.88 bits per heavy atom. The number of ether oxygens (including phenoxy) is 2. The lowest BCUT2D eigenvalue weighted by Crippen LogP contribution is -2.33. The van der Waals surface area contributed by atoms with Gasteiger partial charge in [0.1, 0.15) is 11.4 Å². The zero-order chi connectivity index (χ0) is 18.7. The summed E-state index contributed by atoms with van der Waals surface area (Å²) in [6, 6.07) is 6.06. The molecule has 5 nitrogen and oxygen atoms in total. The summed E-state index contributed by atoms with van der Waals surface area (Å²) in [4.78, 5) is 15.0. The summed E-state index contributed by atoms with van der Waals surface area (Å²) in [6.07, 6.45) is 2.32. The van der Waals surface area contributed by atoms with E-state index in [1.807, 2.05) is 39.1 Å². The molecular formula is C20H30N2O3. The highest BCUT2D eigenvalue weighted by Crippen LogP contribution is 2.25. The highest BCUT2D eigenvalue weighted by molar-refractivity contribution is 5.84. The van der Waals surface area contributed by atoms with Crippen LogP contribution in [0, 0.1) is 5.41 Å². The minimum absolute atomic E-state index is 0.118. The van der Waals surface area contributed by atoms with Crippen molar-refractivity contribution >= 4 is 17.0 Å². The summed E-state index contributed by atoms with van der Waals surface area (Å²) in [5.74, 6) is 0.864. The molecule has 2 aromatic rings. The number of hydrogen-bond donors (Lipinski definition) is 2. The first-order chi connectivity index (χ1) is 11.5. The van der Waals surface area contributed by atoms with Gasteiger partial charge in [0.15, 0.2) is 0 Å². The Balaban J connectivity index is 1.98. The molecule has 25 heavy (non-hydrogen) atoms. The van der Waals surface area contributed by atoms with Crippen molar-refractivity contribution in [3.8, 4) is 5.75 Å². The van der Waals surface area contributed by atoms with Crippen LogP contribution in [0.1, 0.15) is 47.1 Å². The second-order valence-electron chi connectivity index (χ2n) is 8.55. The molecule has 0 fully saturated rings. The number of aromatic amines is 1. The van der Waals surface area contributed by atoms with E-state index in [9.17, 15) is 4.79 Å². The predicted octanol–water partition coefficient (Wildman–Crippen LogP) is 4.66. The standard InChI is InChI=1S/C20H30N2O3/c1-19(2,3)13-24-15-7-8-17-16(11-15)14(12-22-17)9-10-21-18(23)25-20(4,5)6/h7-8,11-12,22H,9-10,13H2,1-6H3,(H,21,23). The number of rotatable bonds is 5. The molecule has 0 bridgehead atoms. The van der Waals surface area contributed by atoms with Crippen LogP contribution in [0.25, 0.3) is 10.9 Å². The largest absolute Gasteiger partial charge is 0.493 e. The molecule has 0 radical (unpaired) electrons. The van der Waals surface area contributed by atoms with E-state index in [0.29, 0.717) is 13.2 Å². The Hall–Kier alpha value is -2.17. The molecule has 0 aliphatic rings. The van der Waals surface area contributed by atoms with Gasteiger partial charge in [-0.1, -0.05) is 20.8 Å². The monoisotopic (exact) mass is 346 g/mol. The number of benzene rings is 1. The topological polar surface area (TPSA) is 63.3 Å². The number of hydrogen-bond acceptors (Lipinski definition) is 3. The summed E-state index contributed by atoms with van der Waals surface area (Å²) < 4.78 is 11.1. The van der Waals surface area contributed by atoms with Crippen LogP contribution < -0.4 is 10.1 Å². The first-order valence-corrected chi connectivity index (χ1v) is 8.73. The van der Waals surface area contributed by atoms with Gasteiger partial charge < -0.3 is 19.8 Å². The summed E-state index contributed by atoms with van der Waals surface area (Å²) in [5, 5.41) is 3.92. The Morgan fingerprint density at radius 1 is 1.16 bits per heavy atom. The number of carbonyl (C=O) groups is 1. The third-order valence-corrected chi connectivity index (χ3v) is 3.47. The smallest absolute Gasteiger partial charge is 0.407 e. The van der Waals surface area contributed by atoms with E-state index < -0.39 is 5.60 Å². The highest BCUT2D eigenvalue weighted by atomic mass is 16.6. The van der Waals surface area contributed by atoms with Gasteiger partial charge in [-0.2, -0.15) is 0 Å². The van der Waals surface area contributed by atoms with Crippen molar-refractivity contribution in [2.45, 2.75) is 53.6 Å². The first-order valence-electron chi connectivity index (χ1n) is 8.73. The highest BCUT2D eigenvalue weighted by Gasteiger charge is 2.16. The fraction of sp³-hybridized carbons (Fsp3) is 0.550. The number of nitrogens with one attached hydrogen (secondary N) is 2. The van der Waals surface area contributed by atoms with E-state index in [-0.39, 0.29) is 11.5 Å². The van der Waals surface area contributed by atoms with Crippen molar-refractivity contribution in [1.82, 2.24) is 10.3 Å². The second kappa shape index (κ2) is 7.38. The summed E-state index contributed by atoms with van der Waals surface area (Å²) >= 11 is 0. The molecule has 0 aliphatic carbocycles. The number of amides is 1. The van der Waals surface area contributed by atoms with Crippen LogP contribution >= 0.6 is 0 Å². The minimum atomic E-state index is -0.482. The quantitative estimate of drug-likeness (QED) is 0.827. The maximum absolute atomic E-state index is 11.7. The van der Waals surface area contributed by atoms with E-state index in [2.05, 4.69) is 37.1 Å². The number of alkyl carbamates (subject to hydrolysis) is 1. The fourth-order valence-corrected chi connectivity index (χ4v) is 2.37. The minimum Gasteiger partial charge on any atom is -0.493 e. The van der Waals surface area contributed by atoms with E-state index in [4.69, 9.17) is 9.47 Å². The molecule has 1 aromatic carbocycles. The third kappa shape index (κ3) is 6.33. The molecule has 2 N–H and O–H groups in total. The van der Waals surface area contributed by atoms with Crippen LogP contribution in [0.15, 0.2) is 24.4 Å². The van der Waals surface area contributed by atoms with Gasteiger partial charge in [-0.05, 0) is 56.4 Å². The number of fused-ring (bicyclic) bond motifs is 1. The van der Waals surface area contributed by atoms with Gasteiger partial charge >= 0.3 is 6.09 Å². The zero-order valence-electron chi connectivity index (χ0n) is 16.2. The Bertz CT molecular complexity index is 721. The normalized spacial score (nSPS) is 12.2. The molecule has 1 aromatic heterocycles. The van der Waals surface area contributed by atoms with Crippen LogP contribution in [0.5, 0.6) is 5.75 Å². The Morgan fingerprint density at radius 3 is 2.52 bits per heavy atom. The molecular weight excluding hydrogens is 316 g/mol. The second-order valence-corrected chi connectivity index (χ2v) is 8.55. The lowest BCUT2D eigenvalue weighted by atomic mass is 9.99. The average molecular weight is 346 g/mol. The van der Waals surface area contributed by atoms with Crippen molar-refractivity contribution in [2.24, 2.45) is 5.41 Å². The lowest BCUT2D eigenvalue weighted by molar-refractivity contribution is 0.0528. The molecule has 0 unspecified atom stereocenters. The fourth-order valence-electron chi connectivity index (χ4n) is 2.37. The van der Waals surface area contributed by atoms with Crippen molar-refractivity contribution < 1.29 is 14.3 Å². The van der Waals surface area contributed by atoms with E-state index >= 15 is 0 Å². The Kier molecular flexibility index (Phi) is 5.65. The van der Waals surface area contributed by atoms with Crippen LogP contribution in [0.3, 0.4) is 0 Å². The summed E-state index contributed by atoms with van der Waals surface area (Å²) in [6.45, 7) is 13.2. The number of aromatic nitrogens is 1. The summed E-state index contributed by atoms with van der Waals surface area (Å²) in [5.41, 5.74) is 1.85. The van der Waals surface area contributed by atoms with Gasteiger partial charge in [0.05, 0.1) is 6.61 Å². The predicted molar refractivity (Wildman–Crippen MR) is 101 cm³/mol. The molecule has 5 heteroatoms. The summed E-state index contributed by atoms with van der Waals surface area (Å²) in [7, 11) is 0. The van der Waals surface area contributed by atoms with Gasteiger partial charge in [-0.25, -0.2) is 4.79 Å². The van der Waals surface area contributed by atoms with Gasteiger partial charge in [0.2, 0.25) is 0 Å². The van der Waals surface area contributed by atoms with Gasteiger partial charge in [-0.15, -0.1) is 0 Å². The molecule has 1 heterocycles. The molecule has 0 aliphatic heterocycles. The molecule has 1 amide bonds. The van der Waals surface area contributed by atoms with E-state index in [0.717, 1.165) is 28.6 Å². The van der Waals surface area contributed by atoms with E-state index in [1.165, 1.54) is 0 Å². The number of H-pyrrole nitrogens is 1. The van der Waals surface area contributed by atoms with Crippen molar-refractivity contribution in [1.29, 1.82) is 0 Å². The lowest BCUT2D eigenvalue weighted by Gasteiger charge is -2.19. The molecule has 0 saturated heterocycles. The zero-order valence-corrected chi connectivity index (χ0v) is 16.2. The van der Waals surface area contributed by atoms with E-state index in [1.54, 1.807) is 0 Å². The maximum atomic E-state index is 11.7. The van der Waals surface area contributed by atoms with Crippen molar-refractivity contribution in [2.75, 3.05) is 13.2 Å². The van der Waals surface area contributed by atoms with Crippen LogP contribution in [-0.2, 0) is 11.2 Å². The SMILES string of the molecule is CC(C)(C)COc1ccc2[nH]cc(CCNC(=O)OC(C)(C)C)c2c1. The molecule has 0 saturated carbocycles. The maximum Gasteiger partial charge on any atom is 0.407 e. The number of carbonyl (C=O) groups excluding carboxylic acids is 1. The molecule has 138 valence electrons. The van der Waals surface area contributed by atoms with Gasteiger partial charge in [0.25, 0.3) is 0 Å². The van der Waals surface area contributed by atoms with Gasteiger partial charge in [0, 0.05) is 23.6 Å². The molecule has 2 rings (SSSR count). The van der Waals surface area contributed by atoms with Gasteiger partial charge in [-0.3, -0.25) is 0 Å².